The van der Waals surface area contributed by atoms with Crippen LogP contribution >= 0.6 is 11.3 Å². The van der Waals surface area contributed by atoms with Gasteiger partial charge in [0.1, 0.15) is 5.52 Å². The van der Waals surface area contributed by atoms with Crippen molar-refractivity contribution < 1.29 is 22.0 Å². The summed E-state index contributed by atoms with van der Waals surface area (Å²) in [4.78, 5) is 8.33. The molecule has 2 nitrogen and oxygen atoms in total. The van der Waals surface area contributed by atoms with Gasteiger partial charge in [-0.3, -0.25) is 0 Å². The smallest absolute Gasteiger partial charge is 0.287 e. The molecule has 0 amide bonds. The maximum atomic E-state index is 4.11. The van der Waals surface area contributed by atoms with Gasteiger partial charge in [0.2, 0.25) is 0 Å². The lowest BCUT2D eigenvalue weighted by atomic mass is 10.5. The fourth-order valence-corrected chi connectivity index (χ4v) is 1.39. The molecule has 10 heavy (non-hydrogen) atoms. The molecule has 52 valence electrons. The Morgan fingerprint density at radius 3 is 3.20 bits per heavy atom. The van der Waals surface area contributed by atoms with Crippen LogP contribution in [0.1, 0.15) is 0 Å². The number of aromatic nitrogens is 2. The summed E-state index contributed by atoms with van der Waals surface area (Å²) in [7, 11) is 0. The normalized spacial score (nSPS) is 9.20. The van der Waals surface area contributed by atoms with Crippen LogP contribution in [-0.4, -0.2) is 4.98 Å². The van der Waals surface area contributed by atoms with Gasteiger partial charge in [0.25, 0.3) is 4.83 Å². The van der Waals surface area contributed by atoms with Crippen molar-refractivity contribution in [1.29, 1.82) is 0 Å². The number of hydrogen-bond acceptors (Lipinski definition) is 2. The van der Waals surface area contributed by atoms with E-state index in [2.05, 4.69) is 9.97 Å². The first-order valence-electron chi connectivity index (χ1n) is 2.67. The molecule has 0 radical (unpaired) electrons. The standard InChI is InChI=1S/C6H4N2S.BrH/c1-2-5-6(7-3-1)9-4-8-5;/h1-4H;1H. The molecule has 0 atom stereocenters. The first-order chi connectivity index (χ1) is 4.47. The number of halogens is 1. The topological polar surface area (TPSA) is 27.0 Å². The molecule has 0 aliphatic rings. The van der Waals surface area contributed by atoms with Crippen molar-refractivity contribution in [2.75, 3.05) is 0 Å². The van der Waals surface area contributed by atoms with Gasteiger partial charge in [0, 0.05) is 6.07 Å². The number of fused-ring (bicyclic) bond motifs is 1. The van der Waals surface area contributed by atoms with Gasteiger partial charge in [0.15, 0.2) is 6.20 Å². The molecule has 0 saturated heterocycles. The third-order valence-corrected chi connectivity index (χ3v) is 1.93. The first-order valence-corrected chi connectivity index (χ1v) is 3.55. The molecule has 0 aromatic carbocycles. The zero-order valence-electron chi connectivity index (χ0n) is 5.04. The predicted octanol–water partition coefficient (Wildman–Crippen LogP) is -1.89. The van der Waals surface area contributed by atoms with Gasteiger partial charge in [-0.1, -0.05) is 11.3 Å². The highest BCUT2D eigenvalue weighted by Crippen LogP contribution is 2.09. The van der Waals surface area contributed by atoms with Crippen molar-refractivity contribution in [1.82, 2.24) is 4.98 Å². The molecule has 2 heterocycles. The van der Waals surface area contributed by atoms with Gasteiger partial charge in [0.05, 0.1) is 5.51 Å². The second kappa shape index (κ2) is 3.07. The monoisotopic (exact) mass is 216 g/mol. The summed E-state index contributed by atoms with van der Waals surface area (Å²) >= 11 is 1.62. The van der Waals surface area contributed by atoms with Gasteiger partial charge in [-0.2, -0.15) is 0 Å². The van der Waals surface area contributed by atoms with Gasteiger partial charge < -0.3 is 17.0 Å². The lowest BCUT2D eigenvalue weighted by molar-refractivity contribution is -0.341. The molecule has 0 aliphatic heterocycles. The Morgan fingerprint density at radius 1 is 1.50 bits per heavy atom. The van der Waals surface area contributed by atoms with Crippen LogP contribution in [0.4, 0.5) is 0 Å². The Bertz CT molecular complexity index is 290. The minimum atomic E-state index is 0. The van der Waals surface area contributed by atoms with Gasteiger partial charge in [-0.15, -0.1) is 0 Å². The lowest BCUT2D eigenvalue weighted by Gasteiger charge is -1.73. The van der Waals surface area contributed by atoms with Crippen LogP contribution in [0.15, 0.2) is 23.8 Å². The van der Waals surface area contributed by atoms with Gasteiger partial charge >= 0.3 is 0 Å². The van der Waals surface area contributed by atoms with Gasteiger partial charge in [-0.25, -0.2) is 9.97 Å². The number of H-pyrrole nitrogens is 1. The Balaban J connectivity index is 0.000000500. The number of pyridine rings is 1. The lowest BCUT2D eigenvalue weighted by Crippen LogP contribution is -3.00. The van der Waals surface area contributed by atoms with Crippen molar-refractivity contribution >= 4 is 21.7 Å². The third kappa shape index (κ3) is 1.17. The van der Waals surface area contributed by atoms with Crippen LogP contribution in [-0.2, 0) is 0 Å². The summed E-state index contributed by atoms with van der Waals surface area (Å²) in [6.45, 7) is 0. The molecule has 0 unspecified atom stereocenters. The largest absolute Gasteiger partial charge is 1.00 e. The van der Waals surface area contributed by atoms with E-state index in [9.17, 15) is 0 Å². The molecular formula is C6H5BrN2S. The zero-order chi connectivity index (χ0) is 6.10. The van der Waals surface area contributed by atoms with E-state index >= 15 is 0 Å². The van der Waals surface area contributed by atoms with E-state index < -0.39 is 0 Å². The van der Waals surface area contributed by atoms with E-state index in [0.717, 1.165) is 10.3 Å². The number of thiazole rings is 1. The van der Waals surface area contributed by atoms with E-state index in [-0.39, 0.29) is 17.0 Å². The Kier molecular flexibility index (Phi) is 2.34. The predicted molar refractivity (Wildman–Crippen MR) is 36.2 cm³/mol. The molecule has 0 aliphatic carbocycles. The van der Waals surface area contributed by atoms with E-state index in [4.69, 9.17) is 0 Å². The molecule has 2 aromatic rings. The Morgan fingerprint density at radius 2 is 2.40 bits per heavy atom. The van der Waals surface area contributed by atoms with Crippen LogP contribution < -0.4 is 22.0 Å². The number of nitrogens with zero attached hydrogens (tertiary/aromatic N) is 1. The minimum absolute atomic E-state index is 0. The minimum Gasteiger partial charge on any atom is -1.00 e. The second-order valence-corrected chi connectivity index (χ2v) is 2.59. The maximum Gasteiger partial charge on any atom is 0.287 e. The van der Waals surface area contributed by atoms with Crippen LogP contribution in [0.3, 0.4) is 0 Å². The molecule has 0 fully saturated rings. The number of nitrogens with one attached hydrogen (secondary N) is 1. The zero-order valence-corrected chi connectivity index (χ0v) is 7.45. The highest BCUT2D eigenvalue weighted by atomic mass is 79.9. The molecule has 4 heteroatoms. The number of rotatable bonds is 0. The fraction of sp³-hybridized carbons (Fsp3) is 0. The fourth-order valence-electron chi connectivity index (χ4n) is 0.745. The molecule has 1 N–H and O–H groups in total. The highest BCUT2D eigenvalue weighted by molar-refractivity contribution is 7.15. The molecule has 0 spiro atoms. The van der Waals surface area contributed by atoms with Crippen molar-refractivity contribution in [3.8, 4) is 0 Å². The summed E-state index contributed by atoms with van der Waals surface area (Å²) < 4.78 is 0. The van der Waals surface area contributed by atoms with Crippen molar-refractivity contribution in [2.24, 2.45) is 0 Å². The Labute approximate surface area is 72.7 Å². The highest BCUT2D eigenvalue weighted by Gasteiger charge is 1.97. The van der Waals surface area contributed by atoms with Crippen LogP contribution in [0.5, 0.6) is 0 Å². The van der Waals surface area contributed by atoms with Gasteiger partial charge in [-0.05, 0) is 6.07 Å². The first kappa shape index (κ1) is 7.63. The van der Waals surface area contributed by atoms with E-state index in [0.29, 0.717) is 0 Å². The summed E-state index contributed by atoms with van der Waals surface area (Å²) in [5.74, 6) is 0. The second-order valence-electron chi connectivity index (χ2n) is 1.74. The average Bonchev–Trinajstić information content (AvgIpc) is 2.33. The Hall–Kier alpha value is -0.480. The average molecular weight is 217 g/mol. The van der Waals surface area contributed by atoms with Crippen molar-refractivity contribution in [3.63, 3.8) is 0 Å². The van der Waals surface area contributed by atoms with E-state index in [1.54, 1.807) is 11.3 Å². The molecule has 0 bridgehead atoms. The van der Waals surface area contributed by atoms with E-state index in [1.807, 2.05) is 23.8 Å². The summed E-state index contributed by atoms with van der Waals surface area (Å²) in [5, 5.41) is 0. The molecule has 2 aromatic heterocycles. The van der Waals surface area contributed by atoms with Crippen molar-refractivity contribution in [3.05, 3.63) is 23.8 Å². The summed E-state index contributed by atoms with van der Waals surface area (Å²) in [5.41, 5.74) is 2.88. The molecular weight excluding hydrogens is 212 g/mol. The summed E-state index contributed by atoms with van der Waals surface area (Å²) in [6, 6.07) is 3.93. The molecule has 2 rings (SSSR count). The quantitative estimate of drug-likeness (QED) is 0.507. The van der Waals surface area contributed by atoms with Crippen LogP contribution in [0.25, 0.3) is 10.3 Å². The van der Waals surface area contributed by atoms with Crippen LogP contribution in [0.2, 0.25) is 0 Å². The van der Waals surface area contributed by atoms with E-state index in [1.165, 1.54) is 0 Å². The third-order valence-electron chi connectivity index (χ3n) is 1.16. The SMILES string of the molecule is [Br-].c1c[nH+]c2scnc2c1. The summed E-state index contributed by atoms with van der Waals surface area (Å²) in [6.07, 6.45) is 1.90. The number of hydrogen-bond donors (Lipinski definition) is 0. The van der Waals surface area contributed by atoms with Crippen LogP contribution in [0, 0.1) is 0 Å². The maximum absolute atomic E-state index is 4.11. The molecule has 0 saturated carbocycles. The van der Waals surface area contributed by atoms with Crippen molar-refractivity contribution in [2.45, 2.75) is 0 Å². The number of aromatic amines is 1.